The molecule has 1 spiro atoms. The van der Waals surface area contributed by atoms with E-state index in [0.29, 0.717) is 23.8 Å². The molecular weight excluding hydrogens is 436 g/mol. The standard InChI is InChI=1S/C22H29ClN4O5/c1-13(18(29)25-16-6-5-15(23)11-24-16)32-17(28)12-27-19(30)22(26-20(27)31)9-7-14(8-10-22)21(2,3)4/h5-6,11,13-14H,7-10,12H2,1-4H3,(H,26,31)(H,24,25,29). The zero-order valence-corrected chi connectivity index (χ0v) is 19.5. The van der Waals surface area contributed by atoms with Gasteiger partial charge in [-0.15, -0.1) is 0 Å². The van der Waals surface area contributed by atoms with Crippen molar-refractivity contribution in [2.75, 3.05) is 11.9 Å². The largest absolute Gasteiger partial charge is 0.451 e. The second-order valence-corrected chi connectivity index (χ2v) is 9.96. The number of anilines is 1. The molecule has 2 N–H and O–H groups in total. The molecule has 2 fully saturated rings. The van der Waals surface area contributed by atoms with Gasteiger partial charge in [0.05, 0.1) is 5.02 Å². The lowest BCUT2D eigenvalue weighted by Gasteiger charge is -2.40. The lowest BCUT2D eigenvalue weighted by Crippen LogP contribution is -2.50. The van der Waals surface area contributed by atoms with Gasteiger partial charge in [-0.3, -0.25) is 19.3 Å². The van der Waals surface area contributed by atoms with Crippen LogP contribution in [-0.4, -0.2) is 51.9 Å². The predicted molar refractivity (Wildman–Crippen MR) is 118 cm³/mol. The Morgan fingerprint density at radius 2 is 1.97 bits per heavy atom. The molecule has 10 heteroatoms. The van der Waals surface area contributed by atoms with Gasteiger partial charge in [-0.25, -0.2) is 9.78 Å². The number of urea groups is 1. The summed E-state index contributed by atoms with van der Waals surface area (Å²) in [4.78, 5) is 54.9. The lowest BCUT2D eigenvalue weighted by molar-refractivity contribution is -0.155. The summed E-state index contributed by atoms with van der Waals surface area (Å²) in [5.74, 6) is -1.13. The van der Waals surface area contributed by atoms with Crippen molar-refractivity contribution in [1.82, 2.24) is 15.2 Å². The number of nitrogens with zero attached hydrogens (tertiary/aromatic N) is 2. The molecule has 0 radical (unpaired) electrons. The van der Waals surface area contributed by atoms with E-state index in [0.717, 1.165) is 17.7 Å². The Labute approximate surface area is 192 Å². The van der Waals surface area contributed by atoms with Crippen LogP contribution < -0.4 is 10.6 Å². The molecule has 1 saturated carbocycles. The highest BCUT2D eigenvalue weighted by Crippen LogP contribution is 2.43. The minimum absolute atomic E-state index is 0.134. The molecule has 4 amide bonds. The van der Waals surface area contributed by atoms with Crippen molar-refractivity contribution < 1.29 is 23.9 Å². The van der Waals surface area contributed by atoms with Crippen LogP contribution in [0.3, 0.4) is 0 Å². The molecule has 32 heavy (non-hydrogen) atoms. The molecule has 1 atom stereocenters. The predicted octanol–water partition coefficient (Wildman–Crippen LogP) is 3.13. The van der Waals surface area contributed by atoms with Crippen molar-refractivity contribution in [3.8, 4) is 0 Å². The van der Waals surface area contributed by atoms with Crippen LogP contribution in [0.1, 0.15) is 53.4 Å². The zero-order valence-electron chi connectivity index (χ0n) is 18.7. The molecule has 1 aliphatic heterocycles. The minimum Gasteiger partial charge on any atom is -0.451 e. The van der Waals surface area contributed by atoms with Crippen LogP contribution in [0.15, 0.2) is 18.3 Å². The highest BCUT2D eigenvalue weighted by atomic mass is 35.5. The van der Waals surface area contributed by atoms with Crippen LogP contribution in [-0.2, 0) is 19.1 Å². The molecule has 1 saturated heterocycles. The van der Waals surface area contributed by atoms with E-state index in [-0.39, 0.29) is 11.2 Å². The van der Waals surface area contributed by atoms with Crippen molar-refractivity contribution in [1.29, 1.82) is 0 Å². The monoisotopic (exact) mass is 464 g/mol. The Morgan fingerprint density at radius 1 is 1.31 bits per heavy atom. The third-order valence-electron chi connectivity index (χ3n) is 6.25. The average molecular weight is 465 g/mol. The third-order valence-corrected chi connectivity index (χ3v) is 6.48. The first kappa shape index (κ1) is 24.0. The van der Waals surface area contributed by atoms with E-state index in [9.17, 15) is 19.2 Å². The number of esters is 1. The van der Waals surface area contributed by atoms with Crippen molar-refractivity contribution >= 4 is 41.2 Å². The molecule has 0 bridgehead atoms. The molecule has 2 aliphatic rings. The number of amides is 4. The molecule has 3 rings (SSSR count). The second-order valence-electron chi connectivity index (χ2n) is 9.53. The van der Waals surface area contributed by atoms with Crippen LogP contribution in [0, 0.1) is 11.3 Å². The Morgan fingerprint density at radius 3 is 2.53 bits per heavy atom. The summed E-state index contributed by atoms with van der Waals surface area (Å²) in [6.07, 6.45) is 2.96. The fraction of sp³-hybridized carbons (Fsp3) is 0.591. The minimum atomic E-state index is -1.14. The number of carbonyl (C=O) groups excluding carboxylic acids is 4. The molecule has 1 unspecified atom stereocenters. The maximum absolute atomic E-state index is 13.0. The quantitative estimate of drug-likeness (QED) is 0.510. The van der Waals surface area contributed by atoms with E-state index in [1.165, 1.54) is 19.2 Å². The smallest absolute Gasteiger partial charge is 0.327 e. The van der Waals surface area contributed by atoms with Gasteiger partial charge < -0.3 is 15.4 Å². The van der Waals surface area contributed by atoms with Gasteiger partial charge in [0.2, 0.25) is 0 Å². The number of rotatable bonds is 5. The summed E-state index contributed by atoms with van der Waals surface area (Å²) >= 11 is 5.76. The van der Waals surface area contributed by atoms with E-state index >= 15 is 0 Å². The van der Waals surface area contributed by atoms with E-state index < -0.39 is 42.0 Å². The van der Waals surface area contributed by atoms with E-state index in [4.69, 9.17) is 16.3 Å². The Bertz CT molecular complexity index is 904. The first-order chi connectivity index (χ1) is 14.9. The molecule has 1 aromatic rings. The fourth-order valence-electron chi connectivity index (χ4n) is 4.23. The van der Waals surface area contributed by atoms with Gasteiger partial charge in [-0.05, 0) is 56.1 Å². The number of ether oxygens (including phenoxy) is 1. The lowest BCUT2D eigenvalue weighted by atomic mass is 9.67. The van der Waals surface area contributed by atoms with Crippen LogP contribution in [0.25, 0.3) is 0 Å². The molecule has 1 aliphatic carbocycles. The molecule has 2 heterocycles. The van der Waals surface area contributed by atoms with Crippen LogP contribution in [0.4, 0.5) is 10.6 Å². The number of hydrogen-bond acceptors (Lipinski definition) is 6. The van der Waals surface area contributed by atoms with Gasteiger partial charge in [0.15, 0.2) is 6.10 Å². The first-order valence-corrected chi connectivity index (χ1v) is 11.0. The van der Waals surface area contributed by atoms with Gasteiger partial charge in [0.25, 0.3) is 11.8 Å². The van der Waals surface area contributed by atoms with Crippen molar-refractivity contribution in [2.45, 2.75) is 65.0 Å². The number of carbonyl (C=O) groups is 4. The SMILES string of the molecule is CC(OC(=O)CN1C(=O)NC2(CCC(C(C)(C)C)CC2)C1=O)C(=O)Nc1ccc(Cl)cn1. The number of aromatic nitrogens is 1. The number of nitrogens with one attached hydrogen (secondary N) is 2. The van der Waals surface area contributed by atoms with Gasteiger partial charge in [0, 0.05) is 6.20 Å². The van der Waals surface area contributed by atoms with Crippen LogP contribution in [0.2, 0.25) is 5.02 Å². The van der Waals surface area contributed by atoms with Gasteiger partial charge in [-0.1, -0.05) is 32.4 Å². The summed E-state index contributed by atoms with van der Waals surface area (Å²) in [5.41, 5.74) is -0.822. The maximum Gasteiger partial charge on any atom is 0.327 e. The Kier molecular flexibility index (Phi) is 6.78. The third kappa shape index (κ3) is 5.20. The Balaban J connectivity index is 1.54. The zero-order chi connectivity index (χ0) is 23.7. The molecule has 0 aromatic carbocycles. The van der Waals surface area contributed by atoms with Crippen molar-refractivity contribution in [3.63, 3.8) is 0 Å². The topological polar surface area (TPSA) is 118 Å². The second kappa shape index (κ2) is 9.05. The van der Waals surface area contributed by atoms with Gasteiger partial charge in [-0.2, -0.15) is 0 Å². The number of halogens is 1. The number of hydrogen-bond donors (Lipinski definition) is 2. The molecular formula is C22H29ClN4O5. The van der Waals surface area contributed by atoms with Crippen LogP contribution in [0.5, 0.6) is 0 Å². The molecule has 9 nitrogen and oxygen atoms in total. The summed E-state index contributed by atoms with van der Waals surface area (Å²) in [6.45, 7) is 7.37. The summed E-state index contributed by atoms with van der Waals surface area (Å²) in [7, 11) is 0. The highest BCUT2D eigenvalue weighted by molar-refractivity contribution is 6.30. The van der Waals surface area contributed by atoms with E-state index in [1.54, 1.807) is 6.07 Å². The highest BCUT2D eigenvalue weighted by Gasteiger charge is 2.53. The van der Waals surface area contributed by atoms with E-state index in [2.05, 4.69) is 36.4 Å². The van der Waals surface area contributed by atoms with Crippen molar-refractivity contribution in [3.05, 3.63) is 23.4 Å². The number of imide groups is 1. The molecule has 174 valence electrons. The summed E-state index contributed by atoms with van der Waals surface area (Å²) in [5, 5.41) is 5.71. The first-order valence-electron chi connectivity index (χ1n) is 10.7. The molecule has 1 aromatic heterocycles. The fourth-order valence-corrected chi connectivity index (χ4v) is 4.34. The summed E-state index contributed by atoms with van der Waals surface area (Å²) in [6, 6.07) is 2.46. The van der Waals surface area contributed by atoms with Gasteiger partial charge in [0.1, 0.15) is 17.9 Å². The Hall–Kier alpha value is -2.68. The summed E-state index contributed by atoms with van der Waals surface area (Å²) < 4.78 is 5.13. The average Bonchev–Trinajstić information content (AvgIpc) is 2.93. The van der Waals surface area contributed by atoms with E-state index in [1.807, 2.05) is 0 Å². The van der Waals surface area contributed by atoms with Crippen molar-refractivity contribution in [2.24, 2.45) is 11.3 Å². The van der Waals surface area contributed by atoms with Gasteiger partial charge >= 0.3 is 12.0 Å². The maximum atomic E-state index is 13.0. The number of pyridine rings is 1. The normalized spacial score (nSPS) is 24.3. The van der Waals surface area contributed by atoms with Crippen LogP contribution >= 0.6 is 11.6 Å².